The van der Waals surface area contributed by atoms with E-state index in [1.54, 1.807) is 20.0 Å². The molecule has 0 saturated heterocycles. The average molecular weight is 382 g/mol. The lowest BCUT2D eigenvalue weighted by atomic mass is 10.2. The van der Waals surface area contributed by atoms with E-state index in [4.69, 9.17) is 16.3 Å². The van der Waals surface area contributed by atoms with Gasteiger partial charge in [-0.15, -0.1) is 0 Å². The Bertz CT molecular complexity index is 761. The number of halogens is 1. The highest BCUT2D eigenvalue weighted by molar-refractivity contribution is 7.99. The molecule has 0 spiro atoms. The van der Waals surface area contributed by atoms with E-state index >= 15 is 0 Å². The van der Waals surface area contributed by atoms with Crippen molar-refractivity contribution >= 4 is 35.2 Å². The maximum Gasteiger partial charge on any atom is 0.325 e. The molecule has 6 nitrogen and oxygen atoms in total. The molecule has 1 N–H and O–H groups in total. The largest absolute Gasteiger partial charge is 0.462 e. The van der Waals surface area contributed by atoms with Crippen LogP contribution < -0.4 is 5.32 Å². The van der Waals surface area contributed by atoms with E-state index in [1.165, 1.54) is 11.8 Å². The van der Waals surface area contributed by atoms with Gasteiger partial charge in [0, 0.05) is 17.4 Å². The Morgan fingerprint density at radius 1 is 1.40 bits per heavy atom. The summed E-state index contributed by atoms with van der Waals surface area (Å²) in [4.78, 5) is 27.6. The number of benzene rings is 1. The molecule has 0 fully saturated rings. The van der Waals surface area contributed by atoms with Crippen LogP contribution in [0.1, 0.15) is 19.4 Å². The van der Waals surface area contributed by atoms with Crippen LogP contribution in [0.25, 0.3) is 5.69 Å². The van der Waals surface area contributed by atoms with Gasteiger partial charge in [0.05, 0.1) is 17.5 Å². The Morgan fingerprint density at radius 2 is 2.16 bits per heavy atom. The first-order chi connectivity index (χ1) is 11.9. The number of hydrogen-bond acceptors (Lipinski definition) is 5. The van der Waals surface area contributed by atoms with Gasteiger partial charge < -0.3 is 10.1 Å². The number of hydrogen-bond donors (Lipinski definition) is 1. The summed E-state index contributed by atoms with van der Waals surface area (Å²) in [5.41, 5.74) is 1.85. The van der Waals surface area contributed by atoms with Gasteiger partial charge in [0.2, 0.25) is 5.91 Å². The molecule has 0 bridgehead atoms. The van der Waals surface area contributed by atoms with Crippen molar-refractivity contribution in [3.8, 4) is 5.69 Å². The Balaban J connectivity index is 1.94. The highest BCUT2D eigenvalue weighted by Gasteiger charge is 2.13. The van der Waals surface area contributed by atoms with Crippen LogP contribution in [0.5, 0.6) is 0 Å². The van der Waals surface area contributed by atoms with Crippen LogP contribution in [0.2, 0.25) is 5.02 Å². The zero-order valence-corrected chi connectivity index (χ0v) is 15.9. The first kappa shape index (κ1) is 19.3. The quantitative estimate of drug-likeness (QED) is 0.589. The van der Waals surface area contributed by atoms with Gasteiger partial charge in [0.1, 0.15) is 6.54 Å². The van der Waals surface area contributed by atoms with Crippen molar-refractivity contribution in [3.63, 3.8) is 0 Å². The third-order valence-corrected chi connectivity index (χ3v) is 4.61. The molecule has 8 heteroatoms. The lowest BCUT2D eigenvalue weighted by Crippen LogP contribution is -2.32. The number of thioether (sulfide) groups is 1. The standard InChI is InChI=1S/C17H20ClN3O3S/c1-11(2)24-16(23)9-20-15(22)10-25-17-19-7-8-21(17)14-6-4-5-13(18)12(14)3/h4-8,11H,9-10H2,1-3H3,(H,20,22). The van der Waals surface area contributed by atoms with Gasteiger partial charge in [-0.05, 0) is 38.5 Å². The van der Waals surface area contributed by atoms with Crippen LogP contribution in [0.3, 0.4) is 0 Å². The van der Waals surface area contributed by atoms with Crippen LogP contribution >= 0.6 is 23.4 Å². The van der Waals surface area contributed by atoms with E-state index in [0.717, 1.165) is 11.3 Å². The van der Waals surface area contributed by atoms with Crippen molar-refractivity contribution in [1.29, 1.82) is 0 Å². The molecular weight excluding hydrogens is 362 g/mol. The molecule has 134 valence electrons. The number of rotatable bonds is 7. The van der Waals surface area contributed by atoms with Crippen LogP contribution in [0.4, 0.5) is 0 Å². The first-order valence-electron chi connectivity index (χ1n) is 7.76. The van der Waals surface area contributed by atoms with Crippen molar-refractivity contribution in [2.75, 3.05) is 12.3 Å². The van der Waals surface area contributed by atoms with E-state index in [2.05, 4.69) is 10.3 Å². The van der Waals surface area contributed by atoms with E-state index in [0.29, 0.717) is 10.2 Å². The second-order valence-corrected chi connectivity index (χ2v) is 6.92. The molecule has 1 heterocycles. The Hall–Kier alpha value is -1.99. The van der Waals surface area contributed by atoms with Gasteiger partial charge in [0.15, 0.2) is 5.16 Å². The molecular formula is C17H20ClN3O3S. The monoisotopic (exact) mass is 381 g/mol. The number of nitrogens with zero attached hydrogens (tertiary/aromatic N) is 2. The van der Waals surface area contributed by atoms with Gasteiger partial charge in [-0.2, -0.15) is 0 Å². The molecule has 0 unspecified atom stereocenters. The summed E-state index contributed by atoms with van der Waals surface area (Å²) in [6.07, 6.45) is 3.28. The number of carbonyl (C=O) groups is 2. The SMILES string of the molecule is Cc1c(Cl)cccc1-n1ccnc1SCC(=O)NCC(=O)OC(C)C. The van der Waals surface area contributed by atoms with E-state index in [1.807, 2.05) is 35.9 Å². The molecule has 0 aliphatic heterocycles. The van der Waals surface area contributed by atoms with E-state index in [9.17, 15) is 9.59 Å². The van der Waals surface area contributed by atoms with Gasteiger partial charge >= 0.3 is 5.97 Å². The number of carbonyl (C=O) groups excluding carboxylic acids is 2. The molecule has 2 rings (SSSR count). The normalized spacial score (nSPS) is 10.8. The fraction of sp³-hybridized carbons (Fsp3) is 0.353. The summed E-state index contributed by atoms with van der Waals surface area (Å²) >= 11 is 7.45. The fourth-order valence-electron chi connectivity index (χ4n) is 2.09. The van der Waals surface area contributed by atoms with Crippen LogP contribution in [-0.4, -0.2) is 39.8 Å². The summed E-state index contributed by atoms with van der Waals surface area (Å²) < 4.78 is 6.84. The van der Waals surface area contributed by atoms with Crippen molar-refractivity contribution in [2.45, 2.75) is 32.0 Å². The molecule has 1 amide bonds. The number of imidazole rings is 1. The molecule has 0 radical (unpaired) electrons. The Kier molecular flexibility index (Phi) is 6.90. The molecule has 0 aliphatic rings. The highest BCUT2D eigenvalue weighted by Crippen LogP contribution is 2.26. The zero-order chi connectivity index (χ0) is 18.4. The summed E-state index contributed by atoms with van der Waals surface area (Å²) in [5.74, 6) is -0.571. The second kappa shape index (κ2) is 8.92. The van der Waals surface area contributed by atoms with E-state index < -0.39 is 5.97 Å². The number of ether oxygens (including phenoxy) is 1. The molecule has 0 saturated carbocycles. The third-order valence-electron chi connectivity index (χ3n) is 3.23. The number of esters is 1. The Labute approximate surface area is 155 Å². The molecule has 25 heavy (non-hydrogen) atoms. The van der Waals surface area contributed by atoms with Gasteiger partial charge in [-0.3, -0.25) is 14.2 Å². The molecule has 1 aromatic carbocycles. The average Bonchev–Trinajstić information content (AvgIpc) is 3.01. The minimum Gasteiger partial charge on any atom is -0.462 e. The van der Waals surface area contributed by atoms with Crippen LogP contribution in [0.15, 0.2) is 35.7 Å². The fourth-order valence-corrected chi connectivity index (χ4v) is 3.06. The first-order valence-corrected chi connectivity index (χ1v) is 9.12. The molecule has 0 aliphatic carbocycles. The summed E-state index contributed by atoms with van der Waals surface area (Å²) in [7, 11) is 0. The number of nitrogens with one attached hydrogen (secondary N) is 1. The summed E-state index contributed by atoms with van der Waals surface area (Å²) in [6, 6.07) is 5.63. The summed E-state index contributed by atoms with van der Waals surface area (Å²) in [6.45, 7) is 5.30. The summed E-state index contributed by atoms with van der Waals surface area (Å²) in [5, 5.41) is 3.88. The Morgan fingerprint density at radius 3 is 2.88 bits per heavy atom. The third kappa shape index (κ3) is 5.51. The van der Waals surface area contributed by atoms with Crippen LogP contribution in [0, 0.1) is 6.92 Å². The van der Waals surface area contributed by atoms with Gasteiger partial charge in [-0.1, -0.05) is 29.4 Å². The maximum absolute atomic E-state index is 11.9. The second-order valence-electron chi connectivity index (χ2n) is 5.57. The van der Waals surface area contributed by atoms with Gasteiger partial charge in [0.25, 0.3) is 0 Å². The zero-order valence-electron chi connectivity index (χ0n) is 14.3. The van der Waals surface area contributed by atoms with E-state index in [-0.39, 0.29) is 24.3 Å². The van der Waals surface area contributed by atoms with Crippen molar-refractivity contribution in [2.24, 2.45) is 0 Å². The number of aromatic nitrogens is 2. The molecule has 0 atom stereocenters. The maximum atomic E-state index is 11.9. The van der Waals surface area contributed by atoms with Crippen LogP contribution in [-0.2, 0) is 14.3 Å². The smallest absolute Gasteiger partial charge is 0.325 e. The van der Waals surface area contributed by atoms with Crippen molar-refractivity contribution in [3.05, 3.63) is 41.2 Å². The molecule has 2 aromatic rings. The highest BCUT2D eigenvalue weighted by atomic mass is 35.5. The number of amides is 1. The molecule has 1 aromatic heterocycles. The topological polar surface area (TPSA) is 73.2 Å². The van der Waals surface area contributed by atoms with Gasteiger partial charge in [-0.25, -0.2) is 4.98 Å². The predicted molar refractivity (Wildman–Crippen MR) is 98.3 cm³/mol. The minimum atomic E-state index is -0.454. The van der Waals surface area contributed by atoms with Crippen molar-refractivity contribution < 1.29 is 14.3 Å². The predicted octanol–water partition coefficient (Wildman–Crippen LogP) is 2.99. The minimum absolute atomic E-state index is 0.139. The van der Waals surface area contributed by atoms with Crippen molar-refractivity contribution in [1.82, 2.24) is 14.9 Å². The lowest BCUT2D eigenvalue weighted by Gasteiger charge is -2.11. The lowest BCUT2D eigenvalue weighted by molar-refractivity contribution is -0.147.